The van der Waals surface area contributed by atoms with Crippen molar-refractivity contribution in [1.82, 2.24) is 0 Å². The van der Waals surface area contributed by atoms with E-state index >= 15 is 0 Å². The zero-order valence-electron chi connectivity index (χ0n) is 17.7. The fourth-order valence-corrected chi connectivity index (χ4v) is 3.65. The van der Waals surface area contributed by atoms with Crippen molar-refractivity contribution in [2.24, 2.45) is 0 Å². The lowest BCUT2D eigenvalue weighted by Crippen LogP contribution is -2.68. The Morgan fingerprint density at radius 3 is 2.26 bits per heavy atom. The van der Waals surface area contributed by atoms with Crippen LogP contribution in [0.2, 0.25) is 0 Å². The van der Waals surface area contributed by atoms with Gasteiger partial charge in [0.05, 0.1) is 13.2 Å². The van der Waals surface area contributed by atoms with Crippen LogP contribution in [-0.4, -0.2) is 126 Å². The minimum atomic E-state index is -3.01. The number of para-hydroxylation sites is 1. The van der Waals surface area contributed by atoms with Crippen molar-refractivity contribution in [3.05, 3.63) is 35.9 Å². The lowest BCUT2D eigenvalue weighted by molar-refractivity contribution is -0.346. The van der Waals surface area contributed by atoms with Gasteiger partial charge in [0.25, 0.3) is 5.79 Å². The molecule has 2 saturated heterocycles. The Morgan fingerprint density at radius 2 is 1.62 bits per heavy atom. The average Bonchev–Trinajstić information content (AvgIpc) is 2.83. The Balaban J connectivity index is 1.72. The van der Waals surface area contributed by atoms with Gasteiger partial charge in [0.1, 0.15) is 54.6 Å². The third-order valence-electron chi connectivity index (χ3n) is 5.76. The second-order valence-corrected chi connectivity index (χ2v) is 8.07. The lowest BCUT2D eigenvalue weighted by Gasteiger charge is -2.45. The van der Waals surface area contributed by atoms with E-state index in [1.807, 2.05) is 0 Å². The molecule has 0 unspecified atom stereocenters. The first-order chi connectivity index (χ1) is 16.0. The highest BCUT2D eigenvalue weighted by atomic mass is 16.7. The van der Waals surface area contributed by atoms with E-state index < -0.39 is 79.9 Å². The normalized spacial score (nSPS) is 41.0. The second-order valence-electron chi connectivity index (χ2n) is 8.07. The van der Waals surface area contributed by atoms with Gasteiger partial charge in [0.2, 0.25) is 5.78 Å². The highest BCUT2D eigenvalue weighted by Gasteiger charge is 2.56. The largest absolute Gasteiger partial charge is 0.507 e. The molecule has 0 aliphatic carbocycles. The molecule has 2 aliphatic rings. The Bertz CT molecular complexity index is 876. The Morgan fingerprint density at radius 1 is 0.971 bits per heavy atom. The number of ketones is 1. The van der Waals surface area contributed by atoms with Crippen molar-refractivity contribution in [2.75, 3.05) is 13.2 Å². The highest BCUT2D eigenvalue weighted by molar-refractivity contribution is 5.99. The smallest absolute Gasteiger partial charge is 0.260 e. The van der Waals surface area contributed by atoms with Crippen LogP contribution in [0.4, 0.5) is 0 Å². The van der Waals surface area contributed by atoms with E-state index in [0.717, 1.165) is 12.2 Å². The third-order valence-corrected chi connectivity index (χ3v) is 5.76. The molecule has 10 atom stereocenters. The van der Waals surface area contributed by atoms with Crippen LogP contribution < -0.4 is 0 Å². The number of hydrogen-bond donors (Lipinski definition) is 9. The first-order valence-electron chi connectivity index (χ1n) is 10.4. The first kappa shape index (κ1) is 26.6. The molecule has 13 nitrogen and oxygen atoms in total. The molecule has 0 saturated carbocycles. The van der Waals surface area contributed by atoms with E-state index in [0.29, 0.717) is 0 Å². The summed E-state index contributed by atoms with van der Waals surface area (Å²) < 4.78 is 15.6. The third kappa shape index (κ3) is 5.15. The van der Waals surface area contributed by atoms with Gasteiger partial charge in [-0.25, -0.2) is 0 Å². The van der Waals surface area contributed by atoms with Crippen LogP contribution in [0, 0.1) is 0 Å². The van der Waals surface area contributed by atoms with Gasteiger partial charge in [-0.15, -0.1) is 0 Å². The van der Waals surface area contributed by atoms with E-state index in [1.165, 1.54) is 12.1 Å². The Labute approximate surface area is 193 Å². The molecule has 2 aliphatic heterocycles. The zero-order valence-corrected chi connectivity index (χ0v) is 17.7. The number of phenolic OH excluding ortho intramolecular Hbond substituents is 1. The summed E-state index contributed by atoms with van der Waals surface area (Å²) >= 11 is 0. The molecule has 0 bridgehead atoms. The number of benzene rings is 1. The minimum Gasteiger partial charge on any atom is -0.507 e. The highest BCUT2D eigenvalue weighted by Crippen LogP contribution is 2.31. The summed E-state index contributed by atoms with van der Waals surface area (Å²) in [4.78, 5) is 12.6. The summed E-state index contributed by atoms with van der Waals surface area (Å²) in [5.74, 6) is -4.39. The molecule has 1 aromatic carbocycles. The number of aliphatic hydroxyl groups is 8. The fraction of sp³-hybridized carbons (Fsp3) is 0.571. The zero-order chi connectivity index (χ0) is 25.2. The van der Waals surface area contributed by atoms with Crippen molar-refractivity contribution < 1.29 is 65.0 Å². The summed E-state index contributed by atoms with van der Waals surface area (Å²) in [6, 6.07) is 5.96. The van der Waals surface area contributed by atoms with E-state index in [-0.39, 0.29) is 11.3 Å². The summed E-state index contributed by atoms with van der Waals surface area (Å²) in [7, 11) is 0. The number of ether oxygens (including phenoxy) is 3. The molecule has 9 N–H and O–H groups in total. The SMILES string of the molecule is O=C(/C=C/c1ccccc1O)[C@]1(O)O[C@H](CO[C@H]2O[C@H](CO)[C@@H](O)[C@H](O)[C@H]2O)[C@@H](O)[C@H](O)[C@H]1O. The number of aromatic hydroxyl groups is 1. The Kier molecular flexibility index (Phi) is 8.38. The number of aliphatic hydroxyl groups excluding tert-OH is 7. The monoisotopic (exact) mass is 488 g/mol. The van der Waals surface area contributed by atoms with Crippen LogP contribution in [0.15, 0.2) is 30.3 Å². The molecule has 0 spiro atoms. The fourth-order valence-electron chi connectivity index (χ4n) is 3.65. The standard InChI is InChI=1S/C21H28O13/c22-7-11-14(25)16(27)18(29)20(33-11)32-8-12-15(26)17(28)19(30)21(31,34-12)13(24)6-5-9-3-1-2-4-10(9)23/h1-6,11-12,14-20,22-23,25-31H,7-8H2/b6-5+/t11-,12-,14-,15-,16+,17+,18-,19-,20+,21+/m1/s1. The van der Waals surface area contributed by atoms with E-state index in [9.17, 15) is 50.8 Å². The minimum absolute atomic E-state index is 0.162. The number of rotatable bonds is 7. The number of carbonyl (C=O) groups is 1. The van der Waals surface area contributed by atoms with Gasteiger partial charge in [-0.1, -0.05) is 18.2 Å². The Hall–Kier alpha value is -2.01. The summed E-state index contributed by atoms with van der Waals surface area (Å²) in [6.07, 6.45) is -13.9. The molecule has 2 fully saturated rings. The second kappa shape index (κ2) is 10.7. The molecular formula is C21H28O13. The average molecular weight is 488 g/mol. The van der Waals surface area contributed by atoms with E-state index in [2.05, 4.69) is 0 Å². The summed E-state index contributed by atoms with van der Waals surface area (Å²) in [5, 5.41) is 90.0. The summed E-state index contributed by atoms with van der Waals surface area (Å²) in [6.45, 7) is -1.43. The van der Waals surface area contributed by atoms with Crippen LogP contribution in [0.3, 0.4) is 0 Å². The van der Waals surface area contributed by atoms with Crippen LogP contribution in [-0.2, 0) is 19.0 Å². The molecule has 190 valence electrons. The van der Waals surface area contributed by atoms with Gasteiger partial charge in [-0.3, -0.25) is 4.79 Å². The van der Waals surface area contributed by atoms with Gasteiger partial charge < -0.3 is 60.2 Å². The quantitative estimate of drug-likeness (QED) is 0.167. The van der Waals surface area contributed by atoms with Gasteiger partial charge >= 0.3 is 0 Å². The van der Waals surface area contributed by atoms with Crippen LogP contribution in [0.5, 0.6) is 5.75 Å². The number of carbonyl (C=O) groups excluding carboxylic acids is 1. The molecule has 2 heterocycles. The van der Waals surface area contributed by atoms with Crippen LogP contribution >= 0.6 is 0 Å². The van der Waals surface area contributed by atoms with Crippen molar-refractivity contribution in [3.63, 3.8) is 0 Å². The molecule has 3 rings (SSSR count). The molecule has 1 aromatic rings. The molecular weight excluding hydrogens is 460 g/mol. The molecule has 34 heavy (non-hydrogen) atoms. The maximum absolute atomic E-state index is 12.6. The number of phenols is 1. The maximum atomic E-state index is 12.6. The van der Waals surface area contributed by atoms with Gasteiger partial charge in [0, 0.05) is 5.56 Å². The molecule has 13 heteroatoms. The van der Waals surface area contributed by atoms with Gasteiger partial charge in [0.15, 0.2) is 6.29 Å². The molecule has 0 amide bonds. The van der Waals surface area contributed by atoms with Crippen molar-refractivity contribution in [2.45, 2.75) is 60.9 Å². The predicted molar refractivity (Wildman–Crippen MR) is 110 cm³/mol. The predicted octanol–water partition coefficient (Wildman–Crippen LogP) is -4.04. The van der Waals surface area contributed by atoms with Crippen molar-refractivity contribution in [1.29, 1.82) is 0 Å². The van der Waals surface area contributed by atoms with E-state index in [4.69, 9.17) is 14.2 Å². The van der Waals surface area contributed by atoms with Crippen LogP contribution in [0.25, 0.3) is 6.08 Å². The number of hydrogen-bond acceptors (Lipinski definition) is 13. The topological polar surface area (TPSA) is 227 Å². The maximum Gasteiger partial charge on any atom is 0.260 e. The molecule has 0 radical (unpaired) electrons. The van der Waals surface area contributed by atoms with E-state index in [1.54, 1.807) is 12.1 Å². The lowest BCUT2D eigenvalue weighted by atomic mass is 9.90. The van der Waals surface area contributed by atoms with Gasteiger partial charge in [-0.2, -0.15) is 0 Å². The first-order valence-corrected chi connectivity index (χ1v) is 10.4. The summed E-state index contributed by atoms with van der Waals surface area (Å²) in [5.41, 5.74) is 0.216. The molecule has 0 aromatic heterocycles. The van der Waals surface area contributed by atoms with Crippen LogP contribution in [0.1, 0.15) is 5.56 Å². The van der Waals surface area contributed by atoms with Crippen molar-refractivity contribution >= 4 is 11.9 Å². The van der Waals surface area contributed by atoms with Gasteiger partial charge in [-0.05, 0) is 18.2 Å². The van der Waals surface area contributed by atoms with Crippen molar-refractivity contribution in [3.8, 4) is 5.75 Å².